The molecule has 2 nitrogen and oxygen atoms in total. The first kappa shape index (κ1) is 8.52. The smallest absolute Gasteiger partial charge is 0.0547 e. The van der Waals surface area contributed by atoms with Crippen molar-refractivity contribution in [1.29, 1.82) is 0 Å². The van der Waals surface area contributed by atoms with Gasteiger partial charge in [0.15, 0.2) is 0 Å². The van der Waals surface area contributed by atoms with Crippen LogP contribution in [0.25, 0.3) is 0 Å². The zero-order valence-corrected chi connectivity index (χ0v) is 7.94. The first-order chi connectivity index (χ1) is 5.81. The standard InChI is InChI=1S/C10H19NO/c1-9-2-3-10(8-12-9)4-6-11-7-5-10/h9,11H,2-8H2,1H3. The van der Waals surface area contributed by atoms with Crippen molar-refractivity contribution in [2.45, 2.75) is 38.7 Å². The highest BCUT2D eigenvalue weighted by Crippen LogP contribution is 2.38. The first-order valence-electron chi connectivity index (χ1n) is 5.13. The van der Waals surface area contributed by atoms with Gasteiger partial charge in [0, 0.05) is 0 Å². The van der Waals surface area contributed by atoms with E-state index in [2.05, 4.69) is 12.2 Å². The lowest BCUT2D eigenvalue weighted by atomic mass is 9.74. The van der Waals surface area contributed by atoms with Crippen LogP contribution in [-0.4, -0.2) is 25.8 Å². The van der Waals surface area contributed by atoms with E-state index < -0.39 is 0 Å². The molecular weight excluding hydrogens is 150 g/mol. The van der Waals surface area contributed by atoms with Crippen LogP contribution in [0, 0.1) is 5.41 Å². The van der Waals surface area contributed by atoms with Gasteiger partial charge in [-0.15, -0.1) is 0 Å². The summed E-state index contributed by atoms with van der Waals surface area (Å²) in [5, 5.41) is 3.41. The monoisotopic (exact) mass is 169 g/mol. The van der Waals surface area contributed by atoms with E-state index in [0.717, 1.165) is 6.61 Å². The van der Waals surface area contributed by atoms with Gasteiger partial charge in [0.2, 0.25) is 0 Å². The fourth-order valence-electron chi connectivity index (χ4n) is 2.34. The van der Waals surface area contributed by atoms with Crippen LogP contribution < -0.4 is 5.32 Å². The number of piperidine rings is 1. The lowest BCUT2D eigenvalue weighted by Gasteiger charge is -2.42. The highest BCUT2D eigenvalue weighted by atomic mass is 16.5. The van der Waals surface area contributed by atoms with Gasteiger partial charge in [-0.25, -0.2) is 0 Å². The first-order valence-corrected chi connectivity index (χ1v) is 5.13. The zero-order chi connectivity index (χ0) is 8.44. The predicted molar refractivity (Wildman–Crippen MR) is 49.2 cm³/mol. The van der Waals surface area contributed by atoms with Gasteiger partial charge in [0.05, 0.1) is 12.7 Å². The summed E-state index contributed by atoms with van der Waals surface area (Å²) in [7, 11) is 0. The Hall–Kier alpha value is -0.0800. The molecule has 2 heterocycles. The Morgan fingerprint density at radius 1 is 1.25 bits per heavy atom. The second-order valence-electron chi connectivity index (χ2n) is 4.41. The maximum atomic E-state index is 5.74. The number of ether oxygens (including phenoxy) is 1. The predicted octanol–water partition coefficient (Wildman–Crippen LogP) is 1.56. The molecule has 2 aliphatic heterocycles. The largest absolute Gasteiger partial charge is 0.378 e. The van der Waals surface area contributed by atoms with Gasteiger partial charge < -0.3 is 10.1 Å². The molecule has 0 aromatic carbocycles. The van der Waals surface area contributed by atoms with Crippen molar-refractivity contribution < 1.29 is 4.74 Å². The fourth-order valence-corrected chi connectivity index (χ4v) is 2.34. The topological polar surface area (TPSA) is 21.3 Å². The van der Waals surface area contributed by atoms with E-state index in [4.69, 9.17) is 4.74 Å². The van der Waals surface area contributed by atoms with Crippen molar-refractivity contribution in [2.75, 3.05) is 19.7 Å². The van der Waals surface area contributed by atoms with Gasteiger partial charge in [-0.1, -0.05) is 0 Å². The second-order valence-corrected chi connectivity index (χ2v) is 4.41. The SMILES string of the molecule is CC1CCC2(CCNCC2)CO1. The molecule has 0 aliphatic carbocycles. The molecule has 0 aromatic rings. The number of rotatable bonds is 0. The van der Waals surface area contributed by atoms with Crippen LogP contribution in [0.15, 0.2) is 0 Å². The Morgan fingerprint density at radius 2 is 2.00 bits per heavy atom. The molecule has 0 amide bonds. The van der Waals surface area contributed by atoms with E-state index in [9.17, 15) is 0 Å². The maximum Gasteiger partial charge on any atom is 0.0547 e. The molecule has 1 atom stereocenters. The molecule has 2 rings (SSSR count). The summed E-state index contributed by atoms with van der Waals surface area (Å²) in [6.45, 7) is 5.58. The lowest BCUT2D eigenvalue weighted by molar-refractivity contribution is -0.0664. The molecule has 2 saturated heterocycles. The van der Waals surface area contributed by atoms with Gasteiger partial charge in [-0.3, -0.25) is 0 Å². The second kappa shape index (κ2) is 3.35. The zero-order valence-electron chi connectivity index (χ0n) is 7.94. The molecular formula is C10H19NO. The minimum Gasteiger partial charge on any atom is -0.378 e. The maximum absolute atomic E-state index is 5.74. The lowest BCUT2D eigenvalue weighted by Crippen LogP contribution is -2.43. The Balaban J connectivity index is 1.92. The normalized spacial score (nSPS) is 35.2. The number of hydrogen-bond acceptors (Lipinski definition) is 2. The van der Waals surface area contributed by atoms with Gasteiger partial charge in [-0.2, -0.15) is 0 Å². The van der Waals surface area contributed by atoms with Crippen molar-refractivity contribution in [3.63, 3.8) is 0 Å². The third-order valence-corrected chi connectivity index (χ3v) is 3.42. The van der Waals surface area contributed by atoms with E-state index in [0.29, 0.717) is 11.5 Å². The van der Waals surface area contributed by atoms with Crippen molar-refractivity contribution in [1.82, 2.24) is 5.32 Å². The van der Waals surface area contributed by atoms with E-state index >= 15 is 0 Å². The highest BCUT2D eigenvalue weighted by molar-refractivity contribution is 4.87. The fraction of sp³-hybridized carbons (Fsp3) is 1.00. The Morgan fingerprint density at radius 3 is 2.58 bits per heavy atom. The Labute approximate surface area is 74.7 Å². The van der Waals surface area contributed by atoms with Gasteiger partial charge in [0.25, 0.3) is 0 Å². The van der Waals surface area contributed by atoms with E-state index in [-0.39, 0.29) is 0 Å². The summed E-state index contributed by atoms with van der Waals surface area (Å²) in [5.74, 6) is 0. The van der Waals surface area contributed by atoms with Gasteiger partial charge in [-0.05, 0) is 51.1 Å². The van der Waals surface area contributed by atoms with Crippen LogP contribution in [-0.2, 0) is 4.74 Å². The molecule has 0 saturated carbocycles. The van der Waals surface area contributed by atoms with Crippen molar-refractivity contribution in [3.05, 3.63) is 0 Å². The summed E-state index contributed by atoms with van der Waals surface area (Å²) in [6, 6.07) is 0. The number of hydrogen-bond donors (Lipinski definition) is 1. The third kappa shape index (κ3) is 1.64. The average Bonchev–Trinajstić information content (AvgIpc) is 2.13. The molecule has 70 valence electrons. The highest BCUT2D eigenvalue weighted by Gasteiger charge is 2.35. The van der Waals surface area contributed by atoms with Crippen LogP contribution in [0.5, 0.6) is 0 Å². The van der Waals surface area contributed by atoms with Crippen molar-refractivity contribution in [2.24, 2.45) is 5.41 Å². The summed E-state index contributed by atoms with van der Waals surface area (Å²) < 4.78 is 5.74. The third-order valence-electron chi connectivity index (χ3n) is 3.42. The molecule has 1 spiro atoms. The van der Waals surface area contributed by atoms with Gasteiger partial charge in [0.1, 0.15) is 0 Å². The summed E-state index contributed by atoms with van der Waals surface area (Å²) in [4.78, 5) is 0. The van der Waals surface area contributed by atoms with Gasteiger partial charge >= 0.3 is 0 Å². The molecule has 12 heavy (non-hydrogen) atoms. The van der Waals surface area contributed by atoms with Crippen LogP contribution in [0.4, 0.5) is 0 Å². The Bertz CT molecular complexity index is 142. The van der Waals surface area contributed by atoms with E-state index in [1.54, 1.807) is 0 Å². The molecule has 0 aromatic heterocycles. The van der Waals surface area contributed by atoms with Crippen molar-refractivity contribution >= 4 is 0 Å². The molecule has 1 unspecified atom stereocenters. The Kier molecular flexibility index (Phi) is 2.37. The number of nitrogens with one attached hydrogen (secondary N) is 1. The van der Waals surface area contributed by atoms with E-state index in [1.807, 2.05) is 0 Å². The van der Waals surface area contributed by atoms with Crippen molar-refractivity contribution in [3.8, 4) is 0 Å². The minimum absolute atomic E-state index is 0.505. The minimum atomic E-state index is 0.505. The van der Waals surface area contributed by atoms with Crippen LogP contribution in [0.3, 0.4) is 0 Å². The molecule has 0 bridgehead atoms. The molecule has 2 aliphatic rings. The van der Waals surface area contributed by atoms with E-state index in [1.165, 1.54) is 38.8 Å². The molecule has 0 radical (unpaired) electrons. The summed E-state index contributed by atoms with van der Waals surface area (Å²) in [6.07, 6.45) is 5.79. The van der Waals surface area contributed by atoms with Crippen LogP contribution in [0.1, 0.15) is 32.6 Å². The quantitative estimate of drug-likeness (QED) is 0.594. The van der Waals surface area contributed by atoms with Crippen LogP contribution >= 0.6 is 0 Å². The van der Waals surface area contributed by atoms with Crippen LogP contribution in [0.2, 0.25) is 0 Å². The summed E-state index contributed by atoms with van der Waals surface area (Å²) >= 11 is 0. The summed E-state index contributed by atoms with van der Waals surface area (Å²) in [5.41, 5.74) is 0.553. The molecule has 1 N–H and O–H groups in total. The molecule has 2 fully saturated rings. The molecule has 2 heteroatoms. The average molecular weight is 169 g/mol.